The second-order valence-electron chi connectivity index (χ2n) is 4.13. The molecule has 0 unspecified atom stereocenters. The number of benzene rings is 1. The zero-order valence-corrected chi connectivity index (χ0v) is 9.83. The van der Waals surface area contributed by atoms with Gasteiger partial charge in [-0.2, -0.15) is 5.26 Å². The van der Waals surface area contributed by atoms with Crippen molar-refractivity contribution in [3.8, 4) is 6.07 Å². The molecule has 0 amide bonds. The topological polar surface area (TPSA) is 28.7 Å². The van der Waals surface area contributed by atoms with Crippen molar-refractivity contribution in [3.63, 3.8) is 0 Å². The monoisotopic (exact) mass is 212 g/mol. The Kier molecular flexibility index (Phi) is 2.96. The first-order valence-corrected chi connectivity index (χ1v) is 5.70. The lowest BCUT2D eigenvalue weighted by molar-refractivity contribution is 0.940. The van der Waals surface area contributed by atoms with Gasteiger partial charge in [0.2, 0.25) is 0 Å². The van der Waals surface area contributed by atoms with Crippen molar-refractivity contribution in [2.24, 2.45) is 7.05 Å². The molecule has 0 aliphatic carbocycles. The minimum absolute atomic E-state index is 0.593. The van der Waals surface area contributed by atoms with Crippen molar-refractivity contribution >= 4 is 10.9 Å². The summed E-state index contributed by atoms with van der Waals surface area (Å²) in [6, 6.07) is 8.81. The second-order valence-corrected chi connectivity index (χ2v) is 4.13. The third kappa shape index (κ3) is 1.81. The molecule has 2 rings (SSSR count). The fraction of sp³-hybridized carbons (Fsp3) is 0.357. The highest BCUT2D eigenvalue weighted by molar-refractivity contribution is 5.84. The van der Waals surface area contributed by atoms with Crippen LogP contribution in [-0.4, -0.2) is 4.57 Å². The van der Waals surface area contributed by atoms with Crippen molar-refractivity contribution in [2.45, 2.75) is 26.2 Å². The van der Waals surface area contributed by atoms with Gasteiger partial charge in [0.15, 0.2) is 0 Å². The van der Waals surface area contributed by atoms with E-state index in [2.05, 4.69) is 49.0 Å². The molecule has 2 nitrogen and oxygen atoms in total. The number of hydrogen-bond donors (Lipinski definition) is 0. The highest BCUT2D eigenvalue weighted by Crippen LogP contribution is 2.23. The van der Waals surface area contributed by atoms with Crippen molar-refractivity contribution in [1.29, 1.82) is 5.26 Å². The largest absolute Gasteiger partial charge is 0.350 e. The molecule has 0 saturated carbocycles. The molecule has 16 heavy (non-hydrogen) atoms. The van der Waals surface area contributed by atoms with Crippen LogP contribution < -0.4 is 0 Å². The summed E-state index contributed by atoms with van der Waals surface area (Å²) < 4.78 is 2.14. The molecular formula is C14H16N2. The Labute approximate surface area is 96.1 Å². The van der Waals surface area contributed by atoms with Gasteiger partial charge >= 0.3 is 0 Å². The van der Waals surface area contributed by atoms with Crippen molar-refractivity contribution in [2.75, 3.05) is 0 Å². The van der Waals surface area contributed by atoms with E-state index in [0.29, 0.717) is 6.42 Å². The van der Waals surface area contributed by atoms with Crippen LogP contribution in [0.15, 0.2) is 24.4 Å². The molecule has 1 aromatic heterocycles. The highest BCUT2D eigenvalue weighted by atomic mass is 14.9. The van der Waals surface area contributed by atoms with Gasteiger partial charge in [-0.05, 0) is 36.1 Å². The molecule has 82 valence electrons. The van der Waals surface area contributed by atoms with Gasteiger partial charge in [-0.1, -0.05) is 13.0 Å². The van der Waals surface area contributed by atoms with E-state index in [0.717, 1.165) is 12.8 Å². The summed E-state index contributed by atoms with van der Waals surface area (Å²) in [5.74, 6) is 0. The van der Waals surface area contributed by atoms with Crippen LogP contribution in [0.25, 0.3) is 10.9 Å². The molecule has 1 heterocycles. The first-order valence-electron chi connectivity index (χ1n) is 5.70. The van der Waals surface area contributed by atoms with Gasteiger partial charge in [0, 0.05) is 30.6 Å². The van der Waals surface area contributed by atoms with Crippen LogP contribution in [0, 0.1) is 11.3 Å². The van der Waals surface area contributed by atoms with Crippen LogP contribution in [0.3, 0.4) is 0 Å². The molecule has 2 heteroatoms. The Balaban J connectivity index is 2.52. The minimum Gasteiger partial charge on any atom is -0.350 e. The van der Waals surface area contributed by atoms with Crippen LogP contribution >= 0.6 is 0 Å². The number of hydrogen-bond acceptors (Lipinski definition) is 1. The molecule has 0 aliphatic heterocycles. The smallest absolute Gasteiger partial charge is 0.0625 e. The van der Waals surface area contributed by atoms with E-state index in [1.807, 2.05) is 0 Å². The second kappa shape index (κ2) is 4.40. The Morgan fingerprint density at radius 3 is 2.88 bits per heavy atom. The van der Waals surface area contributed by atoms with Crippen molar-refractivity contribution in [1.82, 2.24) is 4.57 Å². The fourth-order valence-electron chi connectivity index (χ4n) is 2.13. The number of aromatic nitrogens is 1. The maximum Gasteiger partial charge on any atom is 0.0625 e. The van der Waals surface area contributed by atoms with Crippen LogP contribution in [-0.2, 0) is 19.9 Å². The van der Waals surface area contributed by atoms with E-state index >= 15 is 0 Å². The Morgan fingerprint density at radius 2 is 2.19 bits per heavy atom. The number of rotatable bonds is 3. The van der Waals surface area contributed by atoms with Crippen LogP contribution in [0.5, 0.6) is 0 Å². The summed E-state index contributed by atoms with van der Waals surface area (Å²) in [6.45, 7) is 2.17. The fourth-order valence-corrected chi connectivity index (χ4v) is 2.13. The lowest BCUT2D eigenvalue weighted by atomic mass is 10.1. The zero-order chi connectivity index (χ0) is 11.5. The molecule has 0 N–H and O–H groups in total. The van der Waals surface area contributed by atoms with Crippen LogP contribution in [0.1, 0.15) is 24.5 Å². The summed E-state index contributed by atoms with van der Waals surface area (Å²) >= 11 is 0. The van der Waals surface area contributed by atoms with Crippen LogP contribution in [0.4, 0.5) is 0 Å². The van der Waals surface area contributed by atoms with E-state index in [4.69, 9.17) is 5.26 Å². The van der Waals surface area contributed by atoms with Gasteiger partial charge in [-0.3, -0.25) is 0 Å². The van der Waals surface area contributed by atoms with E-state index < -0.39 is 0 Å². The van der Waals surface area contributed by atoms with Gasteiger partial charge in [0.05, 0.1) is 6.07 Å². The molecule has 0 aliphatic rings. The molecule has 0 fully saturated rings. The minimum atomic E-state index is 0.593. The normalized spacial score (nSPS) is 10.6. The molecule has 0 radical (unpaired) electrons. The average molecular weight is 212 g/mol. The van der Waals surface area contributed by atoms with Gasteiger partial charge in [-0.25, -0.2) is 0 Å². The van der Waals surface area contributed by atoms with E-state index in [-0.39, 0.29) is 0 Å². The SMILES string of the molecule is CCc1ccc2c(c1)c(CCC#N)cn2C. The number of aryl methyl sites for hydroxylation is 3. The third-order valence-electron chi connectivity index (χ3n) is 3.05. The molecular weight excluding hydrogens is 196 g/mol. The first-order chi connectivity index (χ1) is 7.76. The maximum absolute atomic E-state index is 8.65. The lowest BCUT2D eigenvalue weighted by Crippen LogP contribution is -1.84. The van der Waals surface area contributed by atoms with Gasteiger partial charge in [-0.15, -0.1) is 0 Å². The summed E-state index contributed by atoms with van der Waals surface area (Å²) in [6.07, 6.45) is 4.64. The standard InChI is InChI=1S/C14H16N2/c1-3-11-6-7-14-13(9-11)12(5-4-8-15)10-16(14)2/h6-7,9-10H,3-5H2,1-2H3. The molecule has 0 bridgehead atoms. The van der Waals surface area contributed by atoms with Crippen molar-refractivity contribution < 1.29 is 0 Å². The molecule has 1 aromatic carbocycles. The summed E-state index contributed by atoms with van der Waals surface area (Å²) in [5.41, 5.74) is 3.90. The molecule has 0 saturated heterocycles. The quantitative estimate of drug-likeness (QED) is 0.768. The molecule has 0 atom stereocenters. The van der Waals surface area contributed by atoms with Crippen LogP contribution in [0.2, 0.25) is 0 Å². The summed E-state index contributed by atoms with van der Waals surface area (Å²) in [7, 11) is 2.06. The predicted molar refractivity (Wildman–Crippen MR) is 66.2 cm³/mol. The number of fused-ring (bicyclic) bond motifs is 1. The summed E-state index contributed by atoms with van der Waals surface area (Å²) in [4.78, 5) is 0. The number of nitrogens with zero attached hydrogens (tertiary/aromatic N) is 2. The van der Waals surface area contributed by atoms with Crippen molar-refractivity contribution in [3.05, 3.63) is 35.5 Å². The lowest BCUT2D eigenvalue weighted by Gasteiger charge is -2.00. The van der Waals surface area contributed by atoms with Gasteiger partial charge in [0.1, 0.15) is 0 Å². The Morgan fingerprint density at radius 1 is 1.38 bits per heavy atom. The average Bonchev–Trinajstić information content (AvgIpc) is 2.63. The van der Waals surface area contributed by atoms with E-state index in [1.165, 1.54) is 22.0 Å². The van der Waals surface area contributed by atoms with Gasteiger partial charge < -0.3 is 4.57 Å². The summed E-state index contributed by atoms with van der Waals surface area (Å²) in [5, 5.41) is 9.95. The molecule has 0 spiro atoms. The predicted octanol–water partition coefficient (Wildman–Crippen LogP) is 3.20. The first kappa shape index (κ1) is 10.8. The molecule has 2 aromatic rings. The Hall–Kier alpha value is -1.75. The Bertz CT molecular complexity index is 544. The maximum atomic E-state index is 8.65. The van der Waals surface area contributed by atoms with E-state index in [1.54, 1.807) is 0 Å². The highest BCUT2D eigenvalue weighted by Gasteiger charge is 2.06. The zero-order valence-electron chi connectivity index (χ0n) is 9.83. The van der Waals surface area contributed by atoms with E-state index in [9.17, 15) is 0 Å². The third-order valence-corrected chi connectivity index (χ3v) is 3.05. The number of nitriles is 1. The van der Waals surface area contributed by atoms with Gasteiger partial charge in [0.25, 0.3) is 0 Å².